The second kappa shape index (κ2) is 7.31. The largest absolute Gasteiger partial charge is 0.310 e. The molecular formula is C18H21Cl2N. The van der Waals surface area contributed by atoms with E-state index < -0.39 is 0 Å². The number of rotatable bonds is 5. The van der Waals surface area contributed by atoms with Crippen molar-refractivity contribution in [1.82, 2.24) is 5.32 Å². The Morgan fingerprint density at radius 3 is 2.52 bits per heavy atom. The van der Waals surface area contributed by atoms with Gasteiger partial charge in [-0.2, -0.15) is 0 Å². The van der Waals surface area contributed by atoms with E-state index in [0.29, 0.717) is 5.02 Å². The summed E-state index contributed by atoms with van der Waals surface area (Å²) in [5.41, 5.74) is 5.11. The quantitative estimate of drug-likeness (QED) is 0.766. The molecule has 0 radical (unpaired) electrons. The zero-order valence-electron chi connectivity index (χ0n) is 12.7. The number of likely N-dealkylation sites (N-methyl/N-ethyl adjacent to an activating group) is 1. The third kappa shape index (κ3) is 4.00. The summed E-state index contributed by atoms with van der Waals surface area (Å²) in [7, 11) is 0. The molecule has 21 heavy (non-hydrogen) atoms. The molecule has 1 unspecified atom stereocenters. The Morgan fingerprint density at radius 1 is 1.10 bits per heavy atom. The molecule has 1 atom stereocenters. The molecule has 0 bridgehead atoms. The predicted molar refractivity (Wildman–Crippen MR) is 92.5 cm³/mol. The van der Waals surface area contributed by atoms with E-state index in [1.165, 1.54) is 16.7 Å². The number of aryl methyl sites for hydroxylation is 1. The lowest BCUT2D eigenvalue weighted by Gasteiger charge is -2.22. The summed E-state index contributed by atoms with van der Waals surface area (Å²) in [4.78, 5) is 0. The summed E-state index contributed by atoms with van der Waals surface area (Å²) in [6.07, 6.45) is 0.855. The molecule has 3 heteroatoms. The highest BCUT2D eigenvalue weighted by molar-refractivity contribution is 6.35. The molecule has 0 saturated heterocycles. The molecule has 0 aliphatic carbocycles. The van der Waals surface area contributed by atoms with Crippen LogP contribution in [0.4, 0.5) is 0 Å². The van der Waals surface area contributed by atoms with Gasteiger partial charge >= 0.3 is 0 Å². The van der Waals surface area contributed by atoms with Crippen molar-refractivity contribution in [3.05, 3.63) is 68.7 Å². The SMILES string of the molecule is CCNC(Cc1ccc(Cl)cc1Cl)c1cccc(C)c1C. The third-order valence-corrected chi connectivity index (χ3v) is 4.50. The normalized spacial score (nSPS) is 12.4. The van der Waals surface area contributed by atoms with Crippen molar-refractivity contribution >= 4 is 23.2 Å². The van der Waals surface area contributed by atoms with Crippen molar-refractivity contribution in [2.75, 3.05) is 6.54 Å². The fourth-order valence-electron chi connectivity index (χ4n) is 2.60. The van der Waals surface area contributed by atoms with Gasteiger partial charge in [0.2, 0.25) is 0 Å². The first-order chi connectivity index (χ1) is 10.0. The molecule has 1 N–H and O–H groups in total. The van der Waals surface area contributed by atoms with Crippen molar-refractivity contribution in [2.45, 2.75) is 33.2 Å². The van der Waals surface area contributed by atoms with E-state index >= 15 is 0 Å². The van der Waals surface area contributed by atoms with Crippen LogP contribution in [0, 0.1) is 13.8 Å². The first kappa shape index (κ1) is 16.4. The van der Waals surface area contributed by atoms with Crippen LogP contribution in [-0.2, 0) is 6.42 Å². The summed E-state index contributed by atoms with van der Waals surface area (Å²) in [5, 5.41) is 4.97. The fourth-order valence-corrected chi connectivity index (χ4v) is 3.08. The minimum Gasteiger partial charge on any atom is -0.310 e. The summed E-state index contributed by atoms with van der Waals surface area (Å²) in [6.45, 7) is 7.38. The Bertz CT molecular complexity index is 623. The van der Waals surface area contributed by atoms with Crippen LogP contribution in [0.15, 0.2) is 36.4 Å². The molecular weight excluding hydrogens is 301 g/mol. The summed E-state index contributed by atoms with van der Waals surface area (Å²) >= 11 is 12.3. The molecule has 0 heterocycles. The Kier molecular flexibility index (Phi) is 5.69. The molecule has 2 aromatic carbocycles. The van der Waals surface area contributed by atoms with Gasteiger partial charge in [0.15, 0.2) is 0 Å². The Balaban J connectivity index is 2.33. The molecule has 0 aromatic heterocycles. The van der Waals surface area contributed by atoms with Crippen molar-refractivity contribution in [3.63, 3.8) is 0 Å². The highest BCUT2D eigenvalue weighted by Crippen LogP contribution is 2.28. The number of hydrogen-bond donors (Lipinski definition) is 1. The van der Waals surface area contributed by atoms with E-state index in [0.717, 1.165) is 23.6 Å². The fraction of sp³-hybridized carbons (Fsp3) is 0.333. The van der Waals surface area contributed by atoms with Gasteiger partial charge in [0, 0.05) is 16.1 Å². The molecule has 0 aliphatic heterocycles. The predicted octanol–water partition coefficient (Wildman–Crippen LogP) is 5.50. The van der Waals surface area contributed by atoms with Crippen LogP contribution in [0.3, 0.4) is 0 Å². The average Bonchev–Trinajstić information content (AvgIpc) is 2.44. The standard InChI is InChI=1S/C18H21Cl2N/c1-4-21-18(16-7-5-6-12(2)13(16)3)10-14-8-9-15(19)11-17(14)20/h5-9,11,18,21H,4,10H2,1-3H3. The van der Waals surface area contributed by atoms with Gasteiger partial charge in [0.05, 0.1) is 0 Å². The van der Waals surface area contributed by atoms with E-state index in [1.54, 1.807) is 0 Å². The van der Waals surface area contributed by atoms with Crippen molar-refractivity contribution in [3.8, 4) is 0 Å². The third-order valence-electron chi connectivity index (χ3n) is 3.91. The summed E-state index contributed by atoms with van der Waals surface area (Å²) < 4.78 is 0. The molecule has 2 rings (SSSR count). The van der Waals surface area contributed by atoms with Gasteiger partial charge in [-0.25, -0.2) is 0 Å². The van der Waals surface area contributed by atoms with Gasteiger partial charge in [-0.1, -0.05) is 54.4 Å². The lowest BCUT2D eigenvalue weighted by Crippen LogP contribution is -2.24. The minimum absolute atomic E-state index is 0.258. The van der Waals surface area contributed by atoms with Gasteiger partial charge in [0.1, 0.15) is 0 Å². The lowest BCUT2D eigenvalue weighted by atomic mass is 9.93. The molecule has 2 aromatic rings. The summed E-state index contributed by atoms with van der Waals surface area (Å²) in [6, 6.07) is 12.4. The van der Waals surface area contributed by atoms with Crippen molar-refractivity contribution < 1.29 is 0 Å². The maximum Gasteiger partial charge on any atom is 0.0453 e. The van der Waals surface area contributed by atoms with Crippen molar-refractivity contribution in [1.29, 1.82) is 0 Å². The topological polar surface area (TPSA) is 12.0 Å². The van der Waals surface area contributed by atoms with E-state index in [-0.39, 0.29) is 6.04 Å². The van der Waals surface area contributed by atoms with Gasteiger partial charge in [0.25, 0.3) is 0 Å². The molecule has 0 aliphatic rings. The molecule has 0 spiro atoms. The highest BCUT2D eigenvalue weighted by atomic mass is 35.5. The highest BCUT2D eigenvalue weighted by Gasteiger charge is 2.16. The van der Waals surface area contributed by atoms with Gasteiger partial charge in [-0.3, -0.25) is 0 Å². The van der Waals surface area contributed by atoms with Crippen LogP contribution >= 0.6 is 23.2 Å². The first-order valence-electron chi connectivity index (χ1n) is 7.26. The van der Waals surface area contributed by atoms with Crippen LogP contribution in [0.5, 0.6) is 0 Å². The zero-order chi connectivity index (χ0) is 15.4. The van der Waals surface area contributed by atoms with E-state index in [2.05, 4.69) is 44.3 Å². The maximum atomic E-state index is 6.32. The molecule has 0 fully saturated rings. The van der Waals surface area contributed by atoms with Crippen LogP contribution in [0.2, 0.25) is 10.0 Å². The van der Waals surface area contributed by atoms with Crippen LogP contribution in [-0.4, -0.2) is 6.54 Å². The second-order valence-corrected chi connectivity index (χ2v) is 6.18. The Morgan fingerprint density at radius 2 is 1.86 bits per heavy atom. The minimum atomic E-state index is 0.258. The van der Waals surface area contributed by atoms with Crippen LogP contribution in [0.1, 0.15) is 35.2 Å². The van der Waals surface area contributed by atoms with Gasteiger partial charge < -0.3 is 5.32 Å². The molecule has 0 amide bonds. The zero-order valence-corrected chi connectivity index (χ0v) is 14.2. The van der Waals surface area contributed by atoms with E-state index in [4.69, 9.17) is 23.2 Å². The lowest BCUT2D eigenvalue weighted by molar-refractivity contribution is 0.547. The van der Waals surface area contributed by atoms with Crippen LogP contribution < -0.4 is 5.32 Å². The van der Waals surface area contributed by atoms with Crippen molar-refractivity contribution in [2.24, 2.45) is 0 Å². The monoisotopic (exact) mass is 321 g/mol. The average molecular weight is 322 g/mol. The number of hydrogen-bond acceptors (Lipinski definition) is 1. The molecule has 1 nitrogen and oxygen atoms in total. The number of halogens is 2. The van der Waals surface area contributed by atoms with E-state index in [1.807, 2.05) is 18.2 Å². The Labute approximate surface area is 137 Å². The summed E-state index contributed by atoms with van der Waals surface area (Å²) in [5.74, 6) is 0. The van der Waals surface area contributed by atoms with E-state index in [9.17, 15) is 0 Å². The number of nitrogens with one attached hydrogen (secondary N) is 1. The van der Waals surface area contributed by atoms with Gasteiger partial charge in [-0.05, 0) is 61.2 Å². The van der Waals surface area contributed by atoms with Gasteiger partial charge in [-0.15, -0.1) is 0 Å². The second-order valence-electron chi connectivity index (χ2n) is 5.34. The first-order valence-corrected chi connectivity index (χ1v) is 8.02. The van der Waals surface area contributed by atoms with Crippen LogP contribution in [0.25, 0.3) is 0 Å². The Hall–Kier alpha value is -1.02. The number of benzene rings is 2. The maximum absolute atomic E-state index is 6.32. The molecule has 112 valence electrons. The molecule has 0 saturated carbocycles. The smallest absolute Gasteiger partial charge is 0.0453 e.